The molecule has 0 atom stereocenters. The Kier molecular flexibility index (Phi) is 4.17. The van der Waals surface area contributed by atoms with Crippen LogP contribution < -0.4 is 5.32 Å². The van der Waals surface area contributed by atoms with Gasteiger partial charge in [-0.15, -0.1) is 11.3 Å². The lowest BCUT2D eigenvalue weighted by atomic mass is 10.2. The van der Waals surface area contributed by atoms with Gasteiger partial charge in [0.15, 0.2) is 0 Å². The molecule has 1 N–H and O–H groups in total. The Morgan fingerprint density at radius 2 is 2.00 bits per heavy atom. The second-order valence-corrected chi connectivity index (χ2v) is 5.91. The zero-order chi connectivity index (χ0) is 14.7. The lowest BCUT2D eigenvalue weighted by Crippen LogP contribution is -2.45. The highest BCUT2D eigenvalue weighted by Gasteiger charge is 2.18. The highest BCUT2D eigenvalue weighted by Crippen LogP contribution is 2.24. The SMILES string of the molecule is O=C(NCC(=O)N1CCOCC1)c1cc2ccccc2s1. The molecule has 1 saturated heterocycles. The number of fused-ring (bicyclic) bond motifs is 1. The standard InChI is InChI=1S/C15H16N2O3S/c18-14(17-5-7-20-8-6-17)10-16-15(19)13-9-11-3-1-2-4-12(11)21-13/h1-4,9H,5-8,10H2,(H,16,19). The Hall–Kier alpha value is -1.92. The number of hydrogen-bond acceptors (Lipinski definition) is 4. The number of thiophene rings is 1. The first-order chi connectivity index (χ1) is 10.2. The van der Waals surface area contributed by atoms with Crippen LogP contribution in [0.1, 0.15) is 9.67 Å². The van der Waals surface area contributed by atoms with Gasteiger partial charge in [-0.2, -0.15) is 0 Å². The summed E-state index contributed by atoms with van der Waals surface area (Å²) in [6, 6.07) is 9.70. The molecule has 1 fully saturated rings. The zero-order valence-corrected chi connectivity index (χ0v) is 12.3. The van der Waals surface area contributed by atoms with E-state index in [2.05, 4.69) is 5.32 Å². The van der Waals surface area contributed by atoms with Crippen LogP contribution in [-0.4, -0.2) is 49.6 Å². The Morgan fingerprint density at radius 3 is 2.76 bits per heavy atom. The van der Waals surface area contributed by atoms with Crippen LogP contribution in [0.5, 0.6) is 0 Å². The molecular weight excluding hydrogens is 288 g/mol. The topological polar surface area (TPSA) is 58.6 Å². The molecule has 0 bridgehead atoms. The van der Waals surface area contributed by atoms with Gasteiger partial charge in [-0.3, -0.25) is 9.59 Å². The lowest BCUT2D eigenvalue weighted by molar-refractivity contribution is -0.134. The molecule has 0 unspecified atom stereocenters. The predicted molar refractivity (Wildman–Crippen MR) is 81.6 cm³/mol. The molecule has 1 aliphatic heterocycles. The van der Waals surface area contributed by atoms with E-state index in [1.54, 1.807) is 4.90 Å². The Balaban J connectivity index is 1.59. The molecule has 6 heteroatoms. The number of hydrogen-bond donors (Lipinski definition) is 1. The van der Waals surface area contributed by atoms with E-state index in [1.807, 2.05) is 30.3 Å². The maximum absolute atomic E-state index is 12.1. The molecule has 2 heterocycles. The Morgan fingerprint density at radius 1 is 1.24 bits per heavy atom. The third kappa shape index (κ3) is 3.22. The molecule has 0 spiro atoms. The predicted octanol–water partition coefficient (Wildman–Crippen LogP) is 1.49. The van der Waals surface area contributed by atoms with Gasteiger partial charge in [0.2, 0.25) is 5.91 Å². The van der Waals surface area contributed by atoms with Crippen molar-refractivity contribution in [1.29, 1.82) is 0 Å². The number of benzene rings is 1. The van der Waals surface area contributed by atoms with Crippen LogP contribution in [0, 0.1) is 0 Å². The van der Waals surface area contributed by atoms with Crippen molar-refractivity contribution in [3.63, 3.8) is 0 Å². The Bertz CT molecular complexity index is 629. The van der Waals surface area contributed by atoms with Crippen LogP contribution in [-0.2, 0) is 9.53 Å². The molecule has 0 radical (unpaired) electrons. The molecule has 2 aromatic rings. The number of carbonyl (C=O) groups excluding carboxylic acids is 2. The third-order valence-electron chi connectivity index (χ3n) is 3.41. The molecule has 5 nitrogen and oxygen atoms in total. The molecule has 1 aliphatic rings. The van der Waals surface area contributed by atoms with Gasteiger partial charge in [0, 0.05) is 17.8 Å². The molecule has 1 aromatic carbocycles. The van der Waals surface area contributed by atoms with Gasteiger partial charge in [0.05, 0.1) is 24.6 Å². The summed E-state index contributed by atoms with van der Waals surface area (Å²) in [6.07, 6.45) is 0. The molecule has 2 amide bonds. The van der Waals surface area contributed by atoms with E-state index >= 15 is 0 Å². The summed E-state index contributed by atoms with van der Waals surface area (Å²) in [5.74, 6) is -0.259. The number of nitrogens with zero attached hydrogens (tertiary/aromatic N) is 1. The van der Waals surface area contributed by atoms with Crippen molar-refractivity contribution in [2.45, 2.75) is 0 Å². The lowest BCUT2D eigenvalue weighted by Gasteiger charge is -2.26. The minimum atomic E-state index is -0.196. The summed E-state index contributed by atoms with van der Waals surface area (Å²) in [7, 11) is 0. The molecule has 3 rings (SSSR count). The molecular formula is C15H16N2O3S. The van der Waals surface area contributed by atoms with Crippen LogP contribution in [0.25, 0.3) is 10.1 Å². The zero-order valence-electron chi connectivity index (χ0n) is 11.5. The van der Waals surface area contributed by atoms with Crippen molar-refractivity contribution >= 4 is 33.2 Å². The smallest absolute Gasteiger partial charge is 0.261 e. The minimum Gasteiger partial charge on any atom is -0.378 e. The first-order valence-corrected chi connectivity index (χ1v) is 7.68. The van der Waals surface area contributed by atoms with E-state index in [9.17, 15) is 9.59 Å². The second-order valence-electron chi connectivity index (χ2n) is 4.82. The van der Waals surface area contributed by atoms with E-state index in [4.69, 9.17) is 4.74 Å². The number of ether oxygens (including phenoxy) is 1. The van der Waals surface area contributed by atoms with Crippen molar-refractivity contribution in [1.82, 2.24) is 10.2 Å². The molecule has 0 aliphatic carbocycles. The van der Waals surface area contributed by atoms with Crippen LogP contribution in [0.2, 0.25) is 0 Å². The molecule has 110 valence electrons. The summed E-state index contributed by atoms with van der Waals surface area (Å²) < 4.78 is 6.27. The van der Waals surface area contributed by atoms with Crippen LogP contribution in [0.4, 0.5) is 0 Å². The monoisotopic (exact) mass is 304 g/mol. The fourth-order valence-electron chi connectivity index (χ4n) is 2.26. The quantitative estimate of drug-likeness (QED) is 0.934. The minimum absolute atomic E-state index is 0.0348. The molecule has 21 heavy (non-hydrogen) atoms. The van der Waals surface area contributed by atoms with Crippen molar-refractivity contribution in [3.05, 3.63) is 35.2 Å². The number of carbonyl (C=O) groups is 2. The number of nitrogens with one attached hydrogen (secondary N) is 1. The van der Waals surface area contributed by atoms with Crippen molar-refractivity contribution in [2.24, 2.45) is 0 Å². The van der Waals surface area contributed by atoms with Gasteiger partial charge >= 0.3 is 0 Å². The molecule has 1 aromatic heterocycles. The fraction of sp³-hybridized carbons (Fsp3) is 0.333. The number of amides is 2. The maximum Gasteiger partial charge on any atom is 0.261 e. The highest BCUT2D eigenvalue weighted by atomic mass is 32.1. The maximum atomic E-state index is 12.1. The first kappa shape index (κ1) is 14.0. The van der Waals surface area contributed by atoms with E-state index in [0.29, 0.717) is 31.2 Å². The summed E-state index contributed by atoms with van der Waals surface area (Å²) in [5, 5.41) is 3.74. The summed E-state index contributed by atoms with van der Waals surface area (Å²) in [6.45, 7) is 2.36. The summed E-state index contributed by atoms with van der Waals surface area (Å²) >= 11 is 1.44. The van der Waals surface area contributed by atoms with E-state index in [-0.39, 0.29) is 18.4 Å². The largest absolute Gasteiger partial charge is 0.378 e. The third-order valence-corrected chi connectivity index (χ3v) is 4.53. The van der Waals surface area contributed by atoms with Gasteiger partial charge < -0.3 is 15.0 Å². The number of rotatable bonds is 3. The normalized spacial score (nSPS) is 15.1. The van der Waals surface area contributed by atoms with Gasteiger partial charge in [-0.05, 0) is 17.5 Å². The highest BCUT2D eigenvalue weighted by molar-refractivity contribution is 7.20. The average Bonchev–Trinajstić information content (AvgIpc) is 2.97. The fourth-order valence-corrected chi connectivity index (χ4v) is 3.24. The first-order valence-electron chi connectivity index (χ1n) is 6.86. The second kappa shape index (κ2) is 6.24. The average molecular weight is 304 g/mol. The number of morpholine rings is 1. The van der Waals surface area contributed by atoms with Crippen molar-refractivity contribution < 1.29 is 14.3 Å². The Labute approximate surface area is 126 Å². The van der Waals surface area contributed by atoms with E-state index in [1.165, 1.54) is 11.3 Å². The van der Waals surface area contributed by atoms with Crippen LogP contribution in [0.3, 0.4) is 0 Å². The summed E-state index contributed by atoms with van der Waals surface area (Å²) in [4.78, 5) is 26.4. The van der Waals surface area contributed by atoms with Gasteiger partial charge in [0.1, 0.15) is 0 Å². The van der Waals surface area contributed by atoms with E-state index in [0.717, 1.165) is 10.1 Å². The molecule has 0 saturated carbocycles. The van der Waals surface area contributed by atoms with Gasteiger partial charge in [-0.25, -0.2) is 0 Å². The van der Waals surface area contributed by atoms with Gasteiger partial charge in [-0.1, -0.05) is 18.2 Å². The van der Waals surface area contributed by atoms with Crippen LogP contribution in [0.15, 0.2) is 30.3 Å². The van der Waals surface area contributed by atoms with Crippen molar-refractivity contribution in [2.75, 3.05) is 32.8 Å². The van der Waals surface area contributed by atoms with E-state index < -0.39 is 0 Å². The van der Waals surface area contributed by atoms with Gasteiger partial charge in [0.25, 0.3) is 5.91 Å². The summed E-state index contributed by atoms with van der Waals surface area (Å²) in [5.41, 5.74) is 0. The van der Waals surface area contributed by atoms with Crippen LogP contribution >= 0.6 is 11.3 Å². The van der Waals surface area contributed by atoms with Crippen molar-refractivity contribution in [3.8, 4) is 0 Å².